The summed E-state index contributed by atoms with van der Waals surface area (Å²) in [5.41, 5.74) is 7.73. The number of nitrogens with two attached hydrogens (primary N) is 1. The highest BCUT2D eigenvalue weighted by atomic mass is 16.6. The molecule has 1 amide bonds. The summed E-state index contributed by atoms with van der Waals surface area (Å²) in [6.45, 7) is 2.64. The third-order valence-electron chi connectivity index (χ3n) is 4.86. The molecule has 0 radical (unpaired) electrons. The van der Waals surface area contributed by atoms with Gasteiger partial charge in [0.1, 0.15) is 12.7 Å². The van der Waals surface area contributed by atoms with Crippen molar-refractivity contribution in [1.29, 1.82) is 5.26 Å². The lowest BCUT2D eigenvalue weighted by Crippen LogP contribution is -2.54. The Morgan fingerprint density at radius 1 is 1.11 bits per heavy atom. The molecule has 138 valence electrons. The van der Waals surface area contributed by atoms with Crippen LogP contribution in [0, 0.1) is 11.3 Å². The second-order valence-corrected chi connectivity index (χ2v) is 6.56. The Balaban J connectivity index is 1.40. The number of hydrogen-bond acceptors (Lipinski definition) is 6. The number of hydrogen-bond donors (Lipinski definition) is 1. The molecule has 0 aliphatic carbocycles. The molecule has 7 nitrogen and oxygen atoms in total. The molecule has 0 spiro atoms. The van der Waals surface area contributed by atoms with E-state index in [2.05, 4.69) is 11.0 Å². The molecular formula is C20H20N4O3. The fourth-order valence-corrected chi connectivity index (χ4v) is 3.43. The van der Waals surface area contributed by atoms with Crippen LogP contribution in [0.25, 0.3) is 0 Å². The number of carbonyl (C=O) groups excluding carboxylic acids is 1. The van der Waals surface area contributed by atoms with E-state index in [-0.39, 0.29) is 12.5 Å². The summed E-state index contributed by atoms with van der Waals surface area (Å²) >= 11 is 0. The van der Waals surface area contributed by atoms with Crippen molar-refractivity contribution in [3.8, 4) is 17.6 Å². The third kappa shape index (κ3) is 3.34. The molecule has 2 heterocycles. The maximum absolute atomic E-state index is 12.8. The monoisotopic (exact) mass is 364 g/mol. The van der Waals surface area contributed by atoms with Gasteiger partial charge in [0, 0.05) is 31.9 Å². The minimum Gasteiger partial charge on any atom is -0.485 e. The molecule has 0 saturated carbocycles. The summed E-state index contributed by atoms with van der Waals surface area (Å²) in [5.74, 6) is 1.20. The number of ether oxygens (including phenoxy) is 2. The summed E-state index contributed by atoms with van der Waals surface area (Å²) in [4.78, 5) is 16.7. The van der Waals surface area contributed by atoms with Crippen LogP contribution in [0.5, 0.6) is 11.5 Å². The fraction of sp³-hybridized carbons (Fsp3) is 0.300. The number of anilines is 2. The Hall–Kier alpha value is -3.40. The van der Waals surface area contributed by atoms with E-state index in [0.29, 0.717) is 48.9 Å². The van der Waals surface area contributed by atoms with Crippen molar-refractivity contribution in [2.24, 2.45) is 0 Å². The minimum atomic E-state index is -0.627. The first kappa shape index (κ1) is 17.0. The zero-order valence-corrected chi connectivity index (χ0v) is 14.8. The topological polar surface area (TPSA) is 91.8 Å². The number of nitrogens with zero attached hydrogens (tertiary/aromatic N) is 3. The number of nitrogen functional groups attached to an aromatic ring is 1. The molecule has 1 fully saturated rings. The van der Waals surface area contributed by atoms with Crippen molar-refractivity contribution in [3.05, 3.63) is 48.0 Å². The van der Waals surface area contributed by atoms with Crippen LogP contribution < -0.4 is 20.1 Å². The highest BCUT2D eigenvalue weighted by Crippen LogP contribution is 2.31. The van der Waals surface area contributed by atoms with Gasteiger partial charge in [0.25, 0.3) is 5.91 Å². The average molecular weight is 364 g/mol. The van der Waals surface area contributed by atoms with Crippen LogP contribution in [-0.2, 0) is 4.79 Å². The SMILES string of the molecule is N#Cc1cc(N)ccc1N1CCN(C(=O)C2COc3ccccc3O2)CC1. The number of piperazine rings is 1. The Morgan fingerprint density at radius 2 is 1.85 bits per heavy atom. The van der Waals surface area contributed by atoms with E-state index in [1.807, 2.05) is 24.3 Å². The second-order valence-electron chi connectivity index (χ2n) is 6.56. The Morgan fingerprint density at radius 3 is 2.59 bits per heavy atom. The van der Waals surface area contributed by atoms with Crippen LogP contribution in [0.1, 0.15) is 5.56 Å². The van der Waals surface area contributed by atoms with Gasteiger partial charge in [0.2, 0.25) is 6.10 Å². The lowest BCUT2D eigenvalue weighted by molar-refractivity contribution is -0.141. The second kappa shape index (κ2) is 7.08. The quantitative estimate of drug-likeness (QED) is 0.815. The standard InChI is InChI=1S/C20H20N4O3/c21-12-14-11-15(22)5-6-16(14)23-7-9-24(10-8-23)20(25)19-13-26-17-3-1-2-4-18(17)27-19/h1-6,11,19H,7-10,13,22H2. The van der Waals surface area contributed by atoms with Gasteiger partial charge in [-0.1, -0.05) is 12.1 Å². The summed E-state index contributed by atoms with van der Waals surface area (Å²) in [7, 11) is 0. The van der Waals surface area contributed by atoms with Gasteiger partial charge in [-0.3, -0.25) is 4.79 Å². The predicted octanol–water partition coefficient (Wildman–Crippen LogP) is 1.63. The summed E-state index contributed by atoms with van der Waals surface area (Å²) in [6, 6.07) is 14.9. The average Bonchev–Trinajstić information content (AvgIpc) is 2.73. The fourth-order valence-electron chi connectivity index (χ4n) is 3.43. The van der Waals surface area contributed by atoms with E-state index >= 15 is 0 Å². The van der Waals surface area contributed by atoms with Crippen LogP contribution in [0.15, 0.2) is 42.5 Å². The molecule has 4 rings (SSSR count). The van der Waals surface area contributed by atoms with Gasteiger partial charge in [-0.2, -0.15) is 5.26 Å². The number of fused-ring (bicyclic) bond motifs is 1. The zero-order chi connectivity index (χ0) is 18.8. The zero-order valence-electron chi connectivity index (χ0n) is 14.8. The van der Waals surface area contributed by atoms with E-state index in [9.17, 15) is 10.1 Å². The number of nitriles is 1. The van der Waals surface area contributed by atoms with Gasteiger partial charge < -0.3 is 25.0 Å². The van der Waals surface area contributed by atoms with Gasteiger partial charge in [-0.15, -0.1) is 0 Å². The third-order valence-corrected chi connectivity index (χ3v) is 4.86. The number of para-hydroxylation sites is 2. The molecule has 2 aliphatic rings. The Bertz CT molecular complexity index is 900. The van der Waals surface area contributed by atoms with Crippen LogP contribution in [0.3, 0.4) is 0 Å². The van der Waals surface area contributed by atoms with Crippen molar-refractivity contribution in [2.75, 3.05) is 43.4 Å². The summed E-state index contributed by atoms with van der Waals surface area (Å²) in [6.07, 6.45) is -0.627. The number of rotatable bonds is 2. The largest absolute Gasteiger partial charge is 0.485 e. The highest BCUT2D eigenvalue weighted by Gasteiger charge is 2.33. The molecule has 7 heteroatoms. The highest BCUT2D eigenvalue weighted by molar-refractivity contribution is 5.82. The van der Waals surface area contributed by atoms with Gasteiger partial charge in [0.15, 0.2) is 11.5 Å². The van der Waals surface area contributed by atoms with Gasteiger partial charge in [-0.25, -0.2) is 0 Å². The van der Waals surface area contributed by atoms with Crippen LogP contribution in [0.2, 0.25) is 0 Å². The molecular weight excluding hydrogens is 344 g/mol. The molecule has 1 unspecified atom stereocenters. The van der Waals surface area contributed by atoms with Crippen LogP contribution in [-0.4, -0.2) is 49.7 Å². The van der Waals surface area contributed by atoms with E-state index in [0.717, 1.165) is 5.69 Å². The molecule has 1 atom stereocenters. The molecule has 0 aromatic heterocycles. The summed E-state index contributed by atoms with van der Waals surface area (Å²) in [5, 5.41) is 9.34. The first-order chi connectivity index (χ1) is 13.2. The molecule has 2 aromatic carbocycles. The maximum Gasteiger partial charge on any atom is 0.267 e. The first-order valence-electron chi connectivity index (χ1n) is 8.87. The summed E-state index contributed by atoms with van der Waals surface area (Å²) < 4.78 is 11.5. The predicted molar refractivity (Wildman–Crippen MR) is 101 cm³/mol. The molecule has 1 saturated heterocycles. The van der Waals surface area contributed by atoms with E-state index in [1.54, 1.807) is 23.1 Å². The number of benzene rings is 2. The Kier molecular flexibility index (Phi) is 4.47. The van der Waals surface area contributed by atoms with Crippen molar-refractivity contribution >= 4 is 17.3 Å². The lowest BCUT2D eigenvalue weighted by atomic mass is 10.1. The van der Waals surface area contributed by atoms with Crippen LogP contribution in [0.4, 0.5) is 11.4 Å². The molecule has 0 bridgehead atoms. The minimum absolute atomic E-state index is 0.0676. The van der Waals surface area contributed by atoms with Gasteiger partial charge in [0.05, 0.1) is 11.3 Å². The Labute approximate surface area is 157 Å². The van der Waals surface area contributed by atoms with Crippen LogP contribution >= 0.6 is 0 Å². The van der Waals surface area contributed by atoms with Gasteiger partial charge >= 0.3 is 0 Å². The van der Waals surface area contributed by atoms with E-state index in [4.69, 9.17) is 15.2 Å². The first-order valence-corrected chi connectivity index (χ1v) is 8.87. The number of amides is 1. The lowest BCUT2D eigenvalue weighted by Gasteiger charge is -2.38. The van der Waals surface area contributed by atoms with Crippen molar-refractivity contribution < 1.29 is 14.3 Å². The molecule has 2 N–H and O–H groups in total. The molecule has 2 aromatic rings. The van der Waals surface area contributed by atoms with E-state index < -0.39 is 6.10 Å². The van der Waals surface area contributed by atoms with Crippen molar-refractivity contribution in [2.45, 2.75) is 6.10 Å². The maximum atomic E-state index is 12.8. The molecule has 2 aliphatic heterocycles. The van der Waals surface area contributed by atoms with E-state index in [1.165, 1.54) is 0 Å². The molecule has 27 heavy (non-hydrogen) atoms. The van der Waals surface area contributed by atoms with Crippen molar-refractivity contribution in [3.63, 3.8) is 0 Å². The van der Waals surface area contributed by atoms with Crippen molar-refractivity contribution in [1.82, 2.24) is 4.90 Å². The number of carbonyl (C=O) groups is 1. The smallest absolute Gasteiger partial charge is 0.267 e. The van der Waals surface area contributed by atoms with Gasteiger partial charge in [-0.05, 0) is 30.3 Å². The normalized spacial score (nSPS) is 18.7.